The highest BCUT2D eigenvalue weighted by Crippen LogP contribution is 2.27. The van der Waals surface area contributed by atoms with Gasteiger partial charge in [0.2, 0.25) is 5.91 Å². The average Bonchev–Trinajstić information content (AvgIpc) is 3.14. The summed E-state index contributed by atoms with van der Waals surface area (Å²) < 4.78 is 7.48. The van der Waals surface area contributed by atoms with Gasteiger partial charge in [-0.2, -0.15) is 0 Å². The fourth-order valence-electron chi connectivity index (χ4n) is 3.48. The first-order valence-corrected chi connectivity index (χ1v) is 9.25. The highest BCUT2D eigenvalue weighted by molar-refractivity contribution is 7.09. The third-order valence-corrected chi connectivity index (χ3v) is 5.77. The van der Waals surface area contributed by atoms with Crippen molar-refractivity contribution in [3.63, 3.8) is 0 Å². The van der Waals surface area contributed by atoms with Crippen LogP contribution in [0, 0.1) is 0 Å². The molecule has 2 aromatic rings. The number of thiazole rings is 1. The molecule has 1 atom stereocenters. The number of amides is 1. The Labute approximate surface area is 144 Å². The largest absolute Gasteiger partial charge is 0.488 e. The van der Waals surface area contributed by atoms with Gasteiger partial charge < -0.3 is 10.1 Å². The van der Waals surface area contributed by atoms with Crippen molar-refractivity contribution in [1.29, 1.82) is 0 Å². The number of hydrogen-bond acceptors (Lipinski definition) is 4. The van der Waals surface area contributed by atoms with Crippen molar-refractivity contribution in [2.75, 3.05) is 6.54 Å². The van der Waals surface area contributed by atoms with E-state index in [9.17, 15) is 9.59 Å². The Kier molecular flexibility index (Phi) is 4.14. The number of para-hydroxylation sites is 1. The van der Waals surface area contributed by atoms with Gasteiger partial charge in [-0.15, -0.1) is 0 Å². The Bertz CT molecular complexity index is 799. The van der Waals surface area contributed by atoms with E-state index in [1.165, 1.54) is 16.9 Å². The normalized spacial score (nSPS) is 18.6. The average molecular weight is 344 g/mol. The van der Waals surface area contributed by atoms with E-state index < -0.39 is 0 Å². The maximum Gasteiger partial charge on any atom is 0.308 e. The van der Waals surface area contributed by atoms with E-state index in [0.717, 1.165) is 48.4 Å². The molecule has 1 N–H and O–H groups in total. The van der Waals surface area contributed by atoms with Crippen molar-refractivity contribution in [3.05, 3.63) is 50.1 Å². The Morgan fingerprint density at radius 1 is 1.29 bits per heavy atom. The highest BCUT2D eigenvalue weighted by Gasteiger charge is 2.23. The summed E-state index contributed by atoms with van der Waals surface area (Å²) in [6.07, 6.45) is 4.89. The van der Waals surface area contributed by atoms with Gasteiger partial charge in [-0.1, -0.05) is 29.5 Å². The van der Waals surface area contributed by atoms with E-state index in [1.54, 1.807) is 4.57 Å². The van der Waals surface area contributed by atoms with Crippen LogP contribution >= 0.6 is 11.3 Å². The van der Waals surface area contributed by atoms with Crippen LogP contribution in [-0.4, -0.2) is 23.1 Å². The van der Waals surface area contributed by atoms with Crippen molar-refractivity contribution in [1.82, 2.24) is 9.88 Å². The van der Waals surface area contributed by atoms with Crippen molar-refractivity contribution < 1.29 is 9.53 Å². The van der Waals surface area contributed by atoms with E-state index in [0.29, 0.717) is 6.54 Å². The standard InChI is InChI=1S/C18H20N2O3S/c21-17(11-20-14-6-2-4-8-16(14)24-18(20)22)19-10-13-9-12-5-1-3-7-15(12)23-13/h1,3,5,7,13H,2,4,6,8-11H2,(H,19,21). The lowest BCUT2D eigenvalue weighted by molar-refractivity contribution is -0.122. The molecule has 1 amide bonds. The van der Waals surface area contributed by atoms with E-state index in [1.807, 2.05) is 24.3 Å². The monoisotopic (exact) mass is 344 g/mol. The zero-order chi connectivity index (χ0) is 16.5. The SMILES string of the molecule is O=C(Cn1c2c(sc1=O)CCCC2)NCC1Cc2ccccc2O1. The van der Waals surface area contributed by atoms with Crippen LogP contribution in [0.5, 0.6) is 5.75 Å². The van der Waals surface area contributed by atoms with Gasteiger partial charge in [0.05, 0.1) is 6.54 Å². The van der Waals surface area contributed by atoms with Gasteiger partial charge in [0.15, 0.2) is 0 Å². The minimum Gasteiger partial charge on any atom is -0.488 e. The number of rotatable bonds is 4. The second-order valence-electron chi connectivity index (χ2n) is 6.39. The lowest BCUT2D eigenvalue weighted by atomic mass is 10.0. The molecule has 24 heavy (non-hydrogen) atoms. The lowest BCUT2D eigenvalue weighted by Gasteiger charge is -2.15. The lowest BCUT2D eigenvalue weighted by Crippen LogP contribution is -2.37. The second-order valence-corrected chi connectivity index (χ2v) is 7.43. The van der Waals surface area contributed by atoms with E-state index in [4.69, 9.17) is 4.74 Å². The molecule has 1 aliphatic carbocycles. The summed E-state index contributed by atoms with van der Waals surface area (Å²) in [5.74, 6) is 0.780. The number of carbonyl (C=O) groups is 1. The second kappa shape index (κ2) is 6.43. The van der Waals surface area contributed by atoms with Gasteiger partial charge in [0, 0.05) is 17.0 Å². The molecular weight excluding hydrogens is 324 g/mol. The van der Waals surface area contributed by atoms with Crippen LogP contribution in [0.4, 0.5) is 0 Å². The van der Waals surface area contributed by atoms with Crippen LogP contribution in [0.2, 0.25) is 0 Å². The predicted molar refractivity (Wildman–Crippen MR) is 92.8 cm³/mol. The summed E-state index contributed by atoms with van der Waals surface area (Å²) in [6.45, 7) is 0.582. The van der Waals surface area contributed by atoms with Gasteiger partial charge in [-0.05, 0) is 37.3 Å². The summed E-state index contributed by atoms with van der Waals surface area (Å²) in [7, 11) is 0. The molecule has 0 spiro atoms. The first kappa shape index (κ1) is 15.4. The molecular formula is C18H20N2O3S. The van der Waals surface area contributed by atoms with Gasteiger partial charge >= 0.3 is 4.87 Å². The minimum atomic E-state index is -0.122. The number of fused-ring (bicyclic) bond motifs is 2. The van der Waals surface area contributed by atoms with Crippen LogP contribution in [-0.2, 0) is 30.6 Å². The third-order valence-electron chi connectivity index (χ3n) is 4.69. The number of hydrogen-bond donors (Lipinski definition) is 1. The minimum absolute atomic E-state index is 0.0124. The Hall–Kier alpha value is -2.08. The smallest absolute Gasteiger partial charge is 0.308 e. The van der Waals surface area contributed by atoms with Crippen molar-refractivity contribution in [2.24, 2.45) is 0 Å². The Balaban J connectivity index is 1.35. The van der Waals surface area contributed by atoms with E-state index >= 15 is 0 Å². The van der Waals surface area contributed by atoms with Crippen LogP contribution < -0.4 is 14.9 Å². The molecule has 2 aliphatic rings. The van der Waals surface area contributed by atoms with Crippen molar-refractivity contribution in [3.8, 4) is 5.75 Å². The summed E-state index contributed by atoms with van der Waals surface area (Å²) in [5, 5.41) is 2.91. The number of nitrogens with one attached hydrogen (secondary N) is 1. The van der Waals surface area contributed by atoms with E-state index in [-0.39, 0.29) is 23.4 Å². The molecule has 1 aliphatic heterocycles. The predicted octanol–water partition coefficient (Wildman–Crippen LogP) is 1.91. The van der Waals surface area contributed by atoms with Gasteiger partial charge in [-0.3, -0.25) is 14.2 Å². The van der Waals surface area contributed by atoms with Gasteiger partial charge in [0.1, 0.15) is 18.4 Å². The summed E-state index contributed by atoms with van der Waals surface area (Å²) in [5.41, 5.74) is 2.25. The number of benzene rings is 1. The zero-order valence-corrected chi connectivity index (χ0v) is 14.2. The molecule has 126 valence electrons. The summed E-state index contributed by atoms with van der Waals surface area (Å²) >= 11 is 1.30. The molecule has 5 nitrogen and oxygen atoms in total. The van der Waals surface area contributed by atoms with E-state index in [2.05, 4.69) is 5.32 Å². The van der Waals surface area contributed by atoms with Gasteiger partial charge in [0.25, 0.3) is 0 Å². The molecule has 4 rings (SSSR count). The van der Waals surface area contributed by atoms with Crippen LogP contribution in [0.3, 0.4) is 0 Å². The number of nitrogens with zero attached hydrogens (tertiary/aromatic N) is 1. The molecule has 0 fully saturated rings. The third kappa shape index (κ3) is 2.98. The number of aromatic nitrogens is 1. The Morgan fingerprint density at radius 3 is 3.00 bits per heavy atom. The molecule has 0 bridgehead atoms. The van der Waals surface area contributed by atoms with Gasteiger partial charge in [-0.25, -0.2) is 0 Å². The maximum atomic E-state index is 12.3. The quantitative estimate of drug-likeness (QED) is 0.922. The molecule has 1 aromatic carbocycles. The number of aryl methyl sites for hydroxylation is 1. The van der Waals surface area contributed by atoms with Crippen LogP contribution in [0.25, 0.3) is 0 Å². The molecule has 1 aromatic heterocycles. The number of ether oxygens (including phenoxy) is 1. The molecule has 6 heteroatoms. The fraction of sp³-hybridized carbons (Fsp3) is 0.444. The molecule has 2 heterocycles. The number of carbonyl (C=O) groups excluding carboxylic acids is 1. The highest BCUT2D eigenvalue weighted by atomic mass is 32.1. The molecule has 1 unspecified atom stereocenters. The van der Waals surface area contributed by atoms with Crippen molar-refractivity contribution in [2.45, 2.75) is 44.8 Å². The first-order valence-electron chi connectivity index (χ1n) is 8.43. The first-order chi connectivity index (χ1) is 11.7. The summed E-state index contributed by atoms with van der Waals surface area (Å²) in [4.78, 5) is 25.5. The topological polar surface area (TPSA) is 60.3 Å². The summed E-state index contributed by atoms with van der Waals surface area (Å²) in [6, 6.07) is 7.95. The van der Waals surface area contributed by atoms with Crippen LogP contribution in [0.15, 0.2) is 29.1 Å². The zero-order valence-electron chi connectivity index (χ0n) is 13.4. The van der Waals surface area contributed by atoms with Crippen LogP contribution in [0.1, 0.15) is 29.0 Å². The molecule has 0 radical (unpaired) electrons. The Morgan fingerprint density at radius 2 is 2.12 bits per heavy atom. The van der Waals surface area contributed by atoms with Crippen molar-refractivity contribution >= 4 is 17.2 Å². The molecule has 0 saturated carbocycles. The maximum absolute atomic E-state index is 12.3. The molecule has 0 saturated heterocycles. The fourth-order valence-corrected chi connectivity index (χ4v) is 4.55.